The smallest absolute Gasteiger partial charge is 0.305 e. The molecule has 1 aliphatic rings. The van der Waals surface area contributed by atoms with Crippen LogP contribution in [0.4, 0.5) is 0 Å². The Balaban J connectivity index is 1.92. The van der Waals surface area contributed by atoms with Gasteiger partial charge in [-0.2, -0.15) is 0 Å². The Bertz CT molecular complexity index is 262. The third kappa shape index (κ3) is 8.48. The van der Waals surface area contributed by atoms with Gasteiger partial charge in [0.2, 0.25) is 0 Å². The summed E-state index contributed by atoms with van der Waals surface area (Å²) in [6.07, 6.45) is 18.4. The summed E-state index contributed by atoms with van der Waals surface area (Å²) in [6.45, 7) is 2.31. The first kappa shape index (κ1) is 18.5. The lowest BCUT2D eigenvalue weighted by Crippen LogP contribution is -2.07. The van der Waals surface area contributed by atoms with E-state index in [1.54, 1.807) is 0 Å². The Hall–Kier alpha value is -0.530. The molecule has 0 unspecified atom stereocenters. The van der Waals surface area contributed by atoms with Gasteiger partial charge in [-0.25, -0.2) is 0 Å². The molecule has 2 heteroatoms. The minimum absolute atomic E-state index is 0.0608. The van der Waals surface area contributed by atoms with Gasteiger partial charge >= 0.3 is 5.97 Å². The largest absolute Gasteiger partial charge is 0.469 e. The molecule has 0 heterocycles. The van der Waals surface area contributed by atoms with Crippen LogP contribution in [0.2, 0.25) is 0 Å². The van der Waals surface area contributed by atoms with Gasteiger partial charge in [0.15, 0.2) is 0 Å². The molecule has 1 rings (SSSR count). The van der Waals surface area contributed by atoms with Crippen LogP contribution in [0.5, 0.6) is 0 Å². The predicted molar refractivity (Wildman–Crippen MR) is 89.3 cm³/mol. The van der Waals surface area contributed by atoms with E-state index in [1.165, 1.54) is 84.2 Å². The van der Waals surface area contributed by atoms with Gasteiger partial charge in [-0.15, -0.1) is 0 Å². The van der Waals surface area contributed by atoms with Crippen molar-refractivity contribution in [3.05, 3.63) is 0 Å². The number of carbonyl (C=O) groups excluding carboxylic acids is 1. The summed E-state index contributed by atoms with van der Waals surface area (Å²) in [7, 11) is 1.47. The first-order valence-electron chi connectivity index (χ1n) is 9.34. The Morgan fingerprint density at radius 2 is 1.48 bits per heavy atom. The van der Waals surface area contributed by atoms with Gasteiger partial charge < -0.3 is 4.74 Å². The third-order valence-corrected chi connectivity index (χ3v) is 5.18. The summed E-state index contributed by atoms with van der Waals surface area (Å²) in [4.78, 5) is 11.0. The van der Waals surface area contributed by atoms with Crippen LogP contribution in [0.3, 0.4) is 0 Å². The van der Waals surface area contributed by atoms with Crippen LogP contribution < -0.4 is 0 Å². The second-order valence-corrected chi connectivity index (χ2v) is 6.83. The number of rotatable bonds is 12. The Kier molecular flexibility index (Phi) is 10.6. The van der Waals surface area contributed by atoms with E-state index in [0.717, 1.165) is 18.3 Å². The molecule has 0 radical (unpaired) electrons. The zero-order valence-corrected chi connectivity index (χ0v) is 14.4. The van der Waals surface area contributed by atoms with E-state index < -0.39 is 0 Å². The summed E-state index contributed by atoms with van der Waals surface area (Å²) in [5.41, 5.74) is 0. The van der Waals surface area contributed by atoms with Crippen molar-refractivity contribution in [3.8, 4) is 0 Å². The summed E-state index contributed by atoms with van der Waals surface area (Å²) >= 11 is 0. The molecule has 0 spiro atoms. The number of hydrogen-bond acceptors (Lipinski definition) is 2. The molecule has 2 atom stereocenters. The van der Waals surface area contributed by atoms with Gasteiger partial charge in [-0.05, 0) is 18.3 Å². The van der Waals surface area contributed by atoms with Crippen LogP contribution in [0, 0.1) is 11.8 Å². The number of hydrogen-bond donors (Lipinski definition) is 0. The standard InChI is InChI=1S/C19H36O2/c1-3-4-12-17-14-11-15-18(17)13-9-7-5-6-8-10-16-19(20)21-2/h17-18H,3-16H2,1-2H3/t17-,18+/m0/s1. The number of carbonyl (C=O) groups is 1. The van der Waals surface area contributed by atoms with Gasteiger partial charge in [0, 0.05) is 6.42 Å². The first-order valence-corrected chi connectivity index (χ1v) is 9.34. The summed E-state index contributed by atoms with van der Waals surface area (Å²) in [5.74, 6) is 2.02. The number of unbranched alkanes of at least 4 members (excludes halogenated alkanes) is 6. The molecule has 0 aliphatic heterocycles. The van der Waals surface area contributed by atoms with Crippen molar-refractivity contribution in [2.45, 2.75) is 96.8 Å². The number of esters is 1. The zero-order chi connectivity index (χ0) is 15.3. The van der Waals surface area contributed by atoms with Crippen LogP contribution in [-0.4, -0.2) is 13.1 Å². The van der Waals surface area contributed by atoms with Crippen molar-refractivity contribution in [2.75, 3.05) is 7.11 Å². The highest BCUT2D eigenvalue weighted by Gasteiger charge is 2.25. The average Bonchev–Trinajstić information content (AvgIpc) is 2.94. The van der Waals surface area contributed by atoms with E-state index in [4.69, 9.17) is 0 Å². The van der Waals surface area contributed by atoms with E-state index in [2.05, 4.69) is 11.7 Å². The zero-order valence-electron chi connectivity index (χ0n) is 14.4. The average molecular weight is 296 g/mol. The topological polar surface area (TPSA) is 26.3 Å². The lowest BCUT2D eigenvalue weighted by molar-refractivity contribution is -0.140. The maximum Gasteiger partial charge on any atom is 0.305 e. The highest BCUT2D eigenvalue weighted by Crippen LogP contribution is 2.38. The van der Waals surface area contributed by atoms with Crippen LogP contribution in [0.1, 0.15) is 96.8 Å². The van der Waals surface area contributed by atoms with E-state index in [-0.39, 0.29) is 5.97 Å². The number of methoxy groups -OCH3 is 1. The third-order valence-electron chi connectivity index (χ3n) is 5.18. The van der Waals surface area contributed by atoms with Crippen LogP contribution in [0.15, 0.2) is 0 Å². The van der Waals surface area contributed by atoms with E-state index in [1.807, 2.05) is 0 Å². The second-order valence-electron chi connectivity index (χ2n) is 6.83. The lowest BCUT2D eigenvalue weighted by Gasteiger charge is -2.19. The fourth-order valence-electron chi connectivity index (χ4n) is 3.83. The van der Waals surface area contributed by atoms with Gasteiger partial charge in [-0.3, -0.25) is 4.79 Å². The molecule has 2 nitrogen and oxygen atoms in total. The molecule has 1 saturated carbocycles. The normalized spacial score (nSPS) is 21.6. The molecular weight excluding hydrogens is 260 g/mol. The molecule has 0 aromatic rings. The minimum Gasteiger partial charge on any atom is -0.469 e. The second kappa shape index (κ2) is 12.1. The van der Waals surface area contributed by atoms with Gasteiger partial charge in [0.1, 0.15) is 0 Å². The summed E-state index contributed by atoms with van der Waals surface area (Å²) in [5, 5.41) is 0. The van der Waals surface area contributed by atoms with Crippen LogP contribution in [-0.2, 0) is 9.53 Å². The Morgan fingerprint density at radius 1 is 0.905 bits per heavy atom. The molecule has 0 aromatic heterocycles. The van der Waals surface area contributed by atoms with Gasteiger partial charge in [-0.1, -0.05) is 84.0 Å². The molecule has 1 aliphatic carbocycles. The quantitative estimate of drug-likeness (QED) is 0.332. The number of ether oxygens (including phenoxy) is 1. The van der Waals surface area contributed by atoms with Crippen LogP contribution >= 0.6 is 0 Å². The molecule has 0 amide bonds. The highest BCUT2D eigenvalue weighted by molar-refractivity contribution is 5.68. The lowest BCUT2D eigenvalue weighted by atomic mass is 9.87. The van der Waals surface area contributed by atoms with Gasteiger partial charge in [0.05, 0.1) is 7.11 Å². The van der Waals surface area contributed by atoms with Crippen molar-refractivity contribution in [2.24, 2.45) is 11.8 Å². The van der Waals surface area contributed by atoms with Gasteiger partial charge in [0.25, 0.3) is 0 Å². The molecule has 124 valence electrons. The molecule has 21 heavy (non-hydrogen) atoms. The Morgan fingerprint density at radius 3 is 2.10 bits per heavy atom. The maximum atomic E-state index is 11.0. The SMILES string of the molecule is CCCC[C@H]1CCC[C@H]1CCCCCCCCC(=O)OC. The van der Waals surface area contributed by atoms with Crippen molar-refractivity contribution in [3.63, 3.8) is 0 Å². The predicted octanol–water partition coefficient (Wildman–Crippen LogP) is 5.89. The summed E-state index contributed by atoms with van der Waals surface area (Å²) in [6, 6.07) is 0. The fourth-order valence-corrected chi connectivity index (χ4v) is 3.83. The molecular formula is C19H36O2. The van der Waals surface area contributed by atoms with E-state index in [9.17, 15) is 4.79 Å². The summed E-state index contributed by atoms with van der Waals surface area (Å²) < 4.78 is 4.65. The van der Waals surface area contributed by atoms with Crippen molar-refractivity contribution in [1.82, 2.24) is 0 Å². The van der Waals surface area contributed by atoms with Crippen molar-refractivity contribution in [1.29, 1.82) is 0 Å². The minimum atomic E-state index is -0.0608. The first-order chi connectivity index (χ1) is 10.3. The van der Waals surface area contributed by atoms with Crippen LogP contribution in [0.25, 0.3) is 0 Å². The highest BCUT2D eigenvalue weighted by atomic mass is 16.5. The fraction of sp³-hybridized carbons (Fsp3) is 0.947. The molecule has 0 aromatic carbocycles. The molecule has 0 bridgehead atoms. The Labute approximate surface area is 132 Å². The van der Waals surface area contributed by atoms with Crippen molar-refractivity contribution < 1.29 is 9.53 Å². The molecule has 1 fully saturated rings. The van der Waals surface area contributed by atoms with E-state index in [0.29, 0.717) is 6.42 Å². The monoisotopic (exact) mass is 296 g/mol. The molecule has 0 N–H and O–H groups in total. The van der Waals surface area contributed by atoms with E-state index >= 15 is 0 Å². The van der Waals surface area contributed by atoms with Crippen molar-refractivity contribution >= 4 is 5.97 Å². The molecule has 0 saturated heterocycles. The maximum absolute atomic E-state index is 11.0.